The molecule has 0 heterocycles. The minimum atomic E-state index is -4.82. The molecule has 0 aromatic carbocycles. The van der Waals surface area contributed by atoms with Crippen LogP contribution in [0.25, 0.3) is 5.01 Å². The minimum absolute atomic E-state index is 0.164. The van der Waals surface area contributed by atoms with Crippen LogP contribution in [-0.2, 0) is 15.4 Å². The van der Waals surface area contributed by atoms with Crippen molar-refractivity contribution in [3.05, 3.63) is 24.2 Å². The zero-order valence-corrected chi connectivity index (χ0v) is 6.69. The molecule has 0 spiro atoms. The van der Waals surface area contributed by atoms with Gasteiger partial charge in [0.1, 0.15) is 0 Å². The average Bonchev–Trinajstić information content (AvgIpc) is 1.84. The van der Waals surface area contributed by atoms with Crippen LogP contribution in [0.1, 0.15) is 0 Å². The van der Waals surface area contributed by atoms with Crippen molar-refractivity contribution in [1.29, 1.82) is 0 Å². The molecule has 0 aromatic rings. The zero-order valence-electron chi connectivity index (χ0n) is 4.98. The summed E-state index contributed by atoms with van der Waals surface area (Å²) in [5.74, 6) is 0. The van der Waals surface area contributed by atoms with Crippen LogP contribution in [0, 0.1) is 6.57 Å². The first kappa shape index (κ1) is 9.11. The molecule has 0 unspecified atom stereocenters. The third-order valence-electron chi connectivity index (χ3n) is 0.459. The van der Waals surface area contributed by atoms with E-state index in [-0.39, 0.29) is 6.61 Å². The van der Waals surface area contributed by atoms with E-state index in [1.807, 2.05) is 0 Å². The van der Waals surface area contributed by atoms with Gasteiger partial charge in [-0.2, -0.15) is 0 Å². The van der Waals surface area contributed by atoms with Gasteiger partial charge in [0.2, 0.25) is 0 Å². The topological polar surface area (TPSA) is 57.0 Å². The standard InChI is InChI=1S/C4H5NO4Se/c1-3-4-8-10(6,7)9-5-2/h3H,1,4H2. The van der Waals surface area contributed by atoms with Crippen molar-refractivity contribution in [3.63, 3.8) is 0 Å². The summed E-state index contributed by atoms with van der Waals surface area (Å²) in [6.07, 6.45) is 1.25. The third-order valence-corrected chi connectivity index (χ3v) is 1.89. The van der Waals surface area contributed by atoms with Crippen LogP contribution >= 0.6 is 0 Å². The van der Waals surface area contributed by atoms with Gasteiger partial charge < -0.3 is 0 Å². The zero-order chi connectivity index (χ0) is 8.04. The van der Waals surface area contributed by atoms with Crippen LogP contribution in [0.15, 0.2) is 12.7 Å². The van der Waals surface area contributed by atoms with E-state index in [1.54, 1.807) is 0 Å². The fourth-order valence-corrected chi connectivity index (χ4v) is 1.03. The molecule has 0 rings (SSSR count). The Bertz CT molecular complexity index is 236. The maximum absolute atomic E-state index is 10.4. The van der Waals surface area contributed by atoms with E-state index >= 15 is 0 Å². The summed E-state index contributed by atoms with van der Waals surface area (Å²) < 4.78 is 28.4. The quantitative estimate of drug-likeness (QED) is 0.290. The van der Waals surface area contributed by atoms with Crippen molar-refractivity contribution >= 4 is 13.4 Å². The van der Waals surface area contributed by atoms with Crippen molar-refractivity contribution in [2.45, 2.75) is 0 Å². The molecule has 0 aromatic heterocycles. The molecular formula is C4H5NO4Se. The molecule has 0 saturated carbocycles. The van der Waals surface area contributed by atoms with Crippen LogP contribution in [0.5, 0.6) is 0 Å². The van der Waals surface area contributed by atoms with E-state index in [0.717, 1.165) is 0 Å². The predicted octanol–water partition coefficient (Wildman–Crippen LogP) is 0.336. The van der Waals surface area contributed by atoms with Gasteiger partial charge in [0, 0.05) is 0 Å². The Morgan fingerprint density at radius 2 is 2.30 bits per heavy atom. The van der Waals surface area contributed by atoms with E-state index in [0.29, 0.717) is 0 Å². The van der Waals surface area contributed by atoms with Crippen LogP contribution in [-0.4, -0.2) is 20.0 Å². The Kier molecular flexibility index (Phi) is 3.65. The van der Waals surface area contributed by atoms with E-state index < -0.39 is 13.4 Å². The Morgan fingerprint density at radius 3 is 2.70 bits per heavy atom. The summed E-state index contributed by atoms with van der Waals surface area (Å²) in [4.78, 5) is 0. The normalized spacial score (nSPS) is 9.90. The average molecular weight is 210 g/mol. The molecule has 0 bridgehead atoms. The van der Waals surface area contributed by atoms with E-state index in [1.165, 1.54) is 6.08 Å². The molecule has 0 fully saturated rings. The molecule has 0 aliphatic heterocycles. The van der Waals surface area contributed by atoms with E-state index in [2.05, 4.69) is 19.3 Å². The maximum atomic E-state index is 10.4. The Balaban J connectivity index is 3.91. The number of rotatable bonds is 4. The molecule has 0 saturated heterocycles. The van der Waals surface area contributed by atoms with Crippen molar-refractivity contribution < 1.29 is 15.4 Å². The van der Waals surface area contributed by atoms with Crippen molar-refractivity contribution in [2.24, 2.45) is 0 Å². The number of hydrogen-bond acceptors (Lipinski definition) is 4. The second-order valence-electron chi connectivity index (χ2n) is 1.15. The van der Waals surface area contributed by atoms with Crippen molar-refractivity contribution in [1.82, 2.24) is 0 Å². The van der Waals surface area contributed by atoms with Crippen molar-refractivity contribution in [3.8, 4) is 0 Å². The van der Waals surface area contributed by atoms with Gasteiger partial charge in [0.15, 0.2) is 0 Å². The monoisotopic (exact) mass is 211 g/mol. The van der Waals surface area contributed by atoms with E-state index in [4.69, 9.17) is 6.57 Å². The predicted molar refractivity (Wildman–Crippen MR) is 31.0 cm³/mol. The van der Waals surface area contributed by atoms with Crippen molar-refractivity contribution in [2.75, 3.05) is 6.61 Å². The van der Waals surface area contributed by atoms with E-state index in [9.17, 15) is 7.67 Å². The fourth-order valence-electron chi connectivity index (χ4n) is 0.199. The van der Waals surface area contributed by atoms with Crippen LogP contribution in [0.3, 0.4) is 0 Å². The van der Waals surface area contributed by atoms with Gasteiger partial charge in [-0.3, -0.25) is 0 Å². The summed E-state index contributed by atoms with van der Waals surface area (Å²) in [6.45, 7) is 9.08. The second-order valence-corrected chi connectivity index (χ2v) is 3.67. The third kappa shape index (κ3) is 4.04. The van der Waals surface area contributed by atoms with Gasteiger partial charge in [-0.1, -0.05) is 0 Å². The van der Waals surface area contributed by atoms with Gasteiger partial charge in [-0.25, -0.2) is 0 Å². The van der Waals surface area contributed by atoms with Crippen LogP contribution in [0.2, 0.25) is 0 Å². The number of nitrogens with zero attached hydrogens (tertiary/aromatic N) is 1. The summed E-state index contributed by atoms with van der Waals surface area (Å²) in [5, 5.41) is 2.20. The van der Waals surface area contributed by atoms with Gasteiger partial charge in [-0.05, 0) is 0 Å². The first-order chi connectivity index (χ1) is 4.62. The summed E-state index contributed by atoms with van der Waals surface area (Å²) in [6, 6.07) is 0. The van der Waals surface area contributed by atoms with Crippen LogP contribution < -0.4 is 0 Å². The molecule has 0 atom stereocenters. The fraction of sp³-hybridized carbons (Fsp3) is 0.250. The summed E-state index contributed by atoms with van der Waals surface area (Å²) >= 11 is -4.82. The molecule has 5 nitrogen and oxygen atoms in total. The summed E-state index contributed by atoms with van der Waals surface area (Å²) in [7, 11) is 0. The molecule has 6 heteroatoms. The number of hydrogen-bond donors (Lipinski definition) is 0. The molecule has 0 radical (unpaired) electrons. The molecule has 0 N–H and O–H groups in total. The Labute approximate surface area is 60.3 Å². The first-order valence-corrected chi connectivity index (χ1v) is 4.98. The van der Waals surface area contributed by atoms with Gasteiger partial charge in [0.25, 0.3) is 0 Å². The first-order valence-electron chi connectivity index (χ1n) is 2.18. The summed E-state index contributed by atoms with van der Waals surface area (Å²) in [5.41, 5.74) is 0. The molecule has 56 valence electrons. The van der Waals surface area contributed by atoms with Gasteiger partial charge >= 0.3 is 59.6 Å². The Morgan fingerprint density at radius 1 is 1.70 bits per heavy atom. The van der Waals surface area contributed by atoms with Gasteiger partial charge in [-0.15, -0.1) is 0 Å². The second kappa shape index (κ2) is 4.01. The Hall–Kier alpha value is -0.891. The molecule has 0 aliphatic carbocycles. The van der Waals surface area contributed by atoms with Gasteiger partial charge in [0.05, 0.1) is 0 Å². The molecule has 0 aliphatic rings. The molecule has 0 amide bonds. The molecular weight excluding hydrogens is 205 g/mol. The SMILES string of the molecule is [C-]#[N+]O[Se](=O)(=O)OCC=C. The molecule has 10 heavy (non-hydrogen) atoms. The van der Waals surface area contributed by atoms with Crippen LogP contribution in [0.4, 0.5) is 0 Å².